The van der Waals surface area contributed by atoms with Gasteiger partial charge < -0.3 is 5.11 Å². The molecule has 0 aromatic heterocycles. The van der Waals surface area contributed by atoms with Gasteiger partial charge in [-0.05, 0) is 25.7 Å². The summed E-state index contributed by atoms with van der Waals surface area (Å²) in [7, 11) is 0. The van der Waals surface area contributed by atoms with E-state index < -0.39 is 18.3 Å². The van der Waals surface area contributed by atoms with Gasteiger partial charge in [-0.1, -0.05) is 70.4 Å². The number of rotatable bonds is 15. The number of hydrogen-bond donors (Lipinski definition) is 1. The van der Waals surface area contributed by atoms with Crippen molar-refractivity contribution in [1.82, 2.24) is 0 Å². The molecule has 130 valence electrons. The van der Waals surface area contributed by atoms with Gasteiger partial charge in [0.1, 0.15) is 0 Å². The molecule has 0 aliphatic heterocycles. The maximum absolute atomic E-state index is 12.8. The normalized spacial score (nSPS) is 12.1. The van der Waals surface area contributed by atoms with Crippen LogP contribution >= 0.6 is 0 Å². The van der Waals surface area contributed by atoms with Crippen molar-refractivity contribution in [2.24, 2.45) is 0 Å². The van der Waals surface area contributed by atoms with Crippen LogP contribution in [0, 0.1) is 0 Å². The quantitative estimate of drug-likeness (QED) is 0.282. The average molecular weight is 318 g/mol. The van der Waals surface area contributed by atoms with E-state index in [0.717, 1.165) is 25.7 Å². The van der Waals surface area contributed by atoms with Crippen molar-refractivity contribution in [2.75, 3.05) is 0 Å². The van der Waals surface area contributed by atoms with Crippen molar-refractivity contribution in [3.05, 3.63) is 12.2 Å². The summed E-state index contributed by atoms with van der Waals surface area (Å²) in [4.78, 5) is 10.2. The van der Waals surface area contributed by atoms with Gasteiger partial charge >= 0.3 is 11.9 Å². The second kappa shape index (κ2) is 13.7. The fourth-order valence-electron chi connectivity index (χ4n) is 2.33. The largest absolute Gasteiger partial charge is 0.477 e. The standard InChI is InChI=1S/C18H32F2O2/c1-2-3-4-5-6-7-8-9-10-11-12-13-14-15-16-18(19,20)17(21)22/h5-6H,2-4,7-16H2,1H3,(H,21,22)/b6-5-. The molecule has 0 bridgehead atoms. The first-order chi connectivity index (χ1) is 10.5. The van der Waals surface area contributed by atoms with Crippen LogP contribution in [0.1, 0.15) is 90.4 Å². The van der Waals surface area contributed by atoms with E-state index in [9.17, 15) is 13.6 Å². The summed E-state index contributed by atoms with van der Waals surface area (Å²) in [5, 5.41) is 8.29. The number of carboxylic acids is 1. The molecule has 0 radical (unpaired) electrons. The lowest BCUT2D eigenvalue weighted by atomic mass is 10.0. The number of alkyl halides is 2. The number of halogens is 2. The summed E-state index contributed by atoms with van der Waals surface area (Å²) in [5.41, 5.74) is 0. The van der Waals surface area contributed by atoms with Crippen LogP contribution in [0.5, 0.6) is 0 Å². The van der Waals surface area contributed by atoms with E-state index in [-0.39, 0.29) is 0 Å². The maximum Gasteiger partial charge on any atom is 0.374 e. The predicted octanol–water partition coefficient (Wildman–Crippen LogP) is 6.35. The number of allylic oxidation sites excluding steroid dienone is 2. The molecule has 0 aromatic rings. The summed E-state index contributed by atoms with van der Waals surface area (Å²) in [6, 6.07) is 0. The minimum absolute atomic E-state index is 0.294. The maximum atomic E-state index is 12.8. The Hall–Kier alpha value is -0.930. The van der Waals surface area contributed by atoms with Crippen LogP contribution in [-0.4, -0.2) is 17.0 Å². The SMILES string of the molecule is CCCC/C=C\CCCCCCCCCCC(F)(F)C(=O)O. The Bertz CT molecular complexity index is 301. The van der Waals surface area contributed by atoms with Gasteiger partial charge in [-0.25, -0.2) is 4.79 Å². The summed E-state index contributed by atoms with van der Waals surface area (Å²) in [6.45, 7) is 2.20. The first kappa shape index (κ1) is 21.1. The van der Waals surface area contributed by atoms with Crippen molar-refractivity contribution in [1.29, 1.82) is 0 Å². The number of carboxylic acid groups (broad SMARTS) is 1. The van der Waals surface area contributed by atoms with Gasteiger partial charge in [0.25, 0.3) is 0 Å². The molecule has 0 aliphatic rings. The first-order valence-corrected chi connectivity index (χ1v) is 8.77. The summed E-state index contributed by atoms with van der Waals surface area (Å²) in [5.74, 6) is -5.55. The topological polar surface area (TPSA) is 37.3 Å². The zero-order valence-corrected chi connectivity index (χ0v) is 14.0. The fourth-order valence-corrected chi connectivity index (χ4v) is 2.33. The third kappa shape index (κ3) is 12.8. The molecule has 0 unspecified atom stereocenters. The van der Waals surface area contributed by atoms with Gasteiger partial charge in [0.2, 0.25) is 0 Å². The summed E-state index contributed by atoms with van der Waals surface area (Å²) < 4.78 is 25.6. The molecule has 0 saturated heterocycles. The lowest BCUT2D eigenvalue weighted by Gasteiger charge is -2.10. The van der Waals surface area contributed by atoms with Crippen LogP contribution in [0.2, 0.25) is 0 Å². The van der Waals surface area contributed by atoms with E-state index in [4.69, 9.17) is 5.11 Å². The minimum atomic E-state index is -3.55. The molecule has 0 heterocycles. The van der Waals surface area contributed by atoms with E-state index in [1.165, 1.54) is 38.5 Å². The monoisotopic (exact) mass is 318 g/mol. The minimum Gasteiger partial charge on any atom is -0.477 e. The Morgan fingerprint density at radius 3 is 1.82 bits per heavy atom. The molecule has 22 heavy (non-hydrogen) atoms. The molecule has 4 heteroatoms. The molecule has 0 spiro atoms. The Balaban J connectivity index is 3.24. The molecular weight excluding hydrogens is 286 g/mol. The molecule has 0 aromatic carbocycles. The Morgan fingerprint density at radius 2 is 1.32 bits per heavy atom. The number of carbonyl (C=O) groups is 1. The van der Waals surface area contributed by atoms with Crippen LogP contribution < -0.4 is 0 Å². The van der Waals surface area contributed by atoms with Crippen molar-refractivity contribution in [3.8, 4) is 0 Å². The van der Waals surface area contributed by atoms with Crippen LogP contribution in [0.4, 0.5) is 8.78 Å². The van der Waals surface area contributed by atoms with Gasteiger partial charge in [0.05, 0.1) is 0 Å². The van der Waals surface area contributed by atoms with Crippen LogP contribution in [0.25, 0.3) is 0 Å². The van der Waals surface area contributed by atoms with Crippen molar-refractivity contribution in [2.45, 2.75) is 96.3 Å². The van der Waals surface area contributed by atoms with Crippen LogP contribution in [0.15, 0.2) is 12.2 Å². The lowest BCUT2D eigenvalue weighted by molar-refractivity contribution is -0.165. The molecule has 0 fully saturated rings. The highest BCUT2D eigenvalue weighted by atomic mass is 19.3. The Kier molecular flexibility index (Phi) is 13.1. The highest BCUT2D eigenvalue weighted by molar-refractivity contribution is 5.75. The predicted molar refractivity (Wildman–Crippen MR) is 87.4 cm³/mol. The smallest absolute Gasteiger partial charge is 0.374 e. The number of unbranched alkanes of at least 4 members (excludes halogenated alkanes) is 10. The Morgan fingerprint density at radius 1 is 0.864 bits per heavy atom. The van der Waals surface area contributed by atoms with Crippen molar-refractivity contribution >= 4 is 5.97 Å². The highest BCUT2D eigenvalue weighted by Crippen LogP contribution is 2.22. The van der Waals surface area contributed by atoms with E-state index in [2.05, 4.69) is 19.1 Å². The molecular formula is C18H32F2O2. The van der Waals surface area contributed by atoms with Gasteiger partial charge in [-0.15, -0.1) is 0 Å². The van der Waals surface area contributed by atoms with Crippen LogP contribution in [-0.2, 0) is 4.79 Å². The van der Waals surface area contributed by atoms with Gasteiger partial charge in [-0.3, -0.25) is 0 Å². The van der Waals surface area contributed by atoms with Crippen molar-refractivity contribution < 1.29 is 18.7 Å². The fraction of sp³-hybridized carbons (Fsp3) is 0.833. The molecule has 0 rings (SSSR count). The second-order valence-corrected chi connectivity index (χ2v) is 5.99. The van der Waals surface area contributed by atoms with E-state index in [1.807, 2.05) is 0 Å². The van der Waals surface area contributed by atoms with E-state index >= 15 is 0 Å². The van der Waals surface area contributed by atoms with Gasteiger partial charge in [0.15, 0.2) is 0 Å². The second-order valence-electron chi connectivity index (χ2n) is 5.99. The molecule has 0 amide bonds. The third-order valence-electron chi connectivity index (χ3n) is 3.82. The first-order valence-electron chi connectivity index (χ1n) is 8.77. The number of hydrogen-bond acceptors (Lipinski definition) is 1. The Labute approximate surface area is 134 Å². The van der Waals surface area contributed by atoms with E-state index in [0.29, 0.717) is 12.8 Å². The highest BCUT2D eigenvalue weighted by Gasteiger charge is 2.37. The van der Waals surface area contributed by atoms with Gasteiger partial charge in [-0.2, -0.15) is 8.78 Å². The van der Waals surface area contributed by atoms with E-state index in [1.54, 1.807) is 0 Å². The molecule has 1 N–H and O–H groups in total. The average Bonchev–Trinajstić information content (AvgIpc) is 2.47. The third-order valence-corrected chi connectivity index (χ3v) is 3.82. The molecule has 0 atom stereocenters. The molecule has 0 aliphatic carbocycles. The zero-order chi connectivity index (χ0) is 16.7. The van der Waals surface area contributed by atoms with Crippen molar-refractivity contribution in [3.63, 3.8) is 0 Å². The lowest BCUT2D eigenvalue weighted by Crippen LogP contribution is -2.27. The van der Waals surface area contributed by atoms with Gasteiger partial charge in [0, 0.05) is 6.42 Å². The molecule has 2 nitrogen and oxygen atoms in total. The number of aliphatic carboxylic acids is 1. The summed E-state index contributed by atoms with van der Waals surface area (Å²) >= 11 is 0. The molecule has 0 saturated carbocycles. The van der Waals surface area contributed by atoms with Crippen LogP contribution in [0.3, 0.4) is 0 Å². The zero-order valence-electron chi connectivity index (χ0n) is 14.0. The summed E-state index contributed by atoms with van der Waals surface area (Å²) in [6.07, 6.45) is 16.7.